The molecule has 3 rings (SSSR count). The van der Waals surface area contributed by atoms with Crippen LogP contribution in [0.4, 0.5) is 19.0 Å². The molecule has 0 bridgehead atoms. The van der Waals surface area contributed by atoms with E-state index < -0.39 is 59.4 Å². The number of anilines is 1. The van der Waals surface area contributed by atoms with Gasteiger partial charge in [-0.15, -0.1) is 0 Å². The molecule has 3 heterocycles. The Balaban J connectivity index is 2.12. The van der Waals surface area contributed by atoms with Gasteiger partial charge in [0.2, 0.25) is 11.8 Å². The summed E-state index contributed by atoms with van der Waals surface area (Å²) in [6, 6.07) is 0.576. The molecule has 0 atom stereocenters. The molecule has 0 unspecified atom stereocenters. The summed E-state index contributed by atoms with van der Waals surface area (Å²) < 4.78 is 99.3. The molecule has 0 radical (unpaired) electrons. The Morgan fingerprint density at radius 2 is 1.73 bits per heavy atom. The Hall–Kier alpha value is -2.95. The van der Waals surface area contributed by atoms with Crippen LogP contribution in [0, 0.1) is 5.92 Å². The molecule has 0 saturated carbocycles. The first kappa shape index (κ1) is 28.6. The SMILES string of the molecule is CCOC(=O)C1CCN(c2ncnc(Oc3cc(C(F)(F)F)nn3C)c2C(S(C)(=O)=O)S(C)(=O)=O)CC1. The zero-order valence-electron chi connectivity index (χ0n) is 20.4. The number of carbonyl (C=O) groups is 1. The van der Waals surface area contributed by atoms with Crippen LogP contribution in [-0.4, -0.2) is 74.8 Å². The van der Waals surface area contributed by atoms with Crippen LogP contribution in [0.5, 0.6) is 11.8 Å². The number of rotatable bonds is 8. The van der Waals surface area contributed by atoms with Gasteiger partial charge in [-0.05, 0) is 19.8 Å². The van der Waals surface area contributed by atoms with Crippen LogP contribution >= 0.6 is 0 Å². The molecule has 206 valence electrons. The Kier molecular flexibility index (Phi) is 8.07. The number of aryl methyl sites for hydroxylation is 1. The molecule has 0 aromatic carbocycles. The van der Waals surface area contributed by atoms with Crippen LogP contribution < -0.4 is 9.64 Å². The second-order valence-electron chi connectivity index (χ2n) is 8.51. The van der Waals surface area contributed by atoms with E-state index in [-0.39, 0.29) is 31.5 Å². The highest BCUT2D eigenvalue weighted by Gasteiger charge is 2.42. The Morgan fingerprint density at radius 3 is 2.22 bits per heavy atom. The molecule has 1 fully saturated rings. The van der Waals surface area contributed by atoms with Crippen molar-refractivity contribution < 1.29 is 44.3 Å². The van der Waals surface area contributed by atoms with Crippen molar-refractivity contribution in [2.45, 2.75) is 30.5 Å². The van der Waals surface area contributed by atoms with E-state index in [4.69, 9.17) is 9.47 Å². The normalized spacial score (nSPS) is 15.7. The van der Waals surface area contributed by atoms with E-state index in [1.807, 2.05) is 0 Å². The maximum absolute atomic E-state index is 13.1. The largest absolute Gasteiger partial charge is 0.466 e. The third-order valence-corrected chi connectivity index (χ3v) is 9.71. The van der Waals surface area contributed by atoms with Gasteiger partial charge in [-0.2, -0.15) is 18.3 Å². The predicted octanol–water partition coefficient (Wildman–Crippen LogP) is 1.89. The van der Waals surface area contributed by atoms with E-state index in [1.54, 1.807) is 11.8 Å². The molecular weight excluding hydrogens is 543 g/mol. The number of hydrogen-bond donors (Lipinski definition) is 0. The van der Waals surface area contributed by atoms with Crippen LogP contribution in [0.25, 0.3) is 0 Å². The third-order valence-electron chi connectivity index (χ3n) is 5.58. The van der Waals surface area contributed by atoms with Crippen molar-refractivity contribution in [3.05, 3.63) is 23.7 Å². The highest BCUT2D eigenvalue weighted by Crippen LogP contribution is 2.42. The minimum Gasteiger partial charge on any atom is -0.466 e. The molecule has 1 aliphatic heterocycles. The Bertz CT molecular complexity index is 1340. The first-order valence-corrected chi connectivity index (χ1v) is 14.9. The van der Waals surface area contributed by atoms with Gasteiger partial charge < -0.3 is 14.4 Å². The van der Waals surface area contributed by atoms with Crippen LogP contribution in [0.15, 0.2) is 12.4 Å². The van der Waals surface area contributed by atoms with Crippen molar-refractivity contribution in [2.24, 2.45) is 13.0 Å². The van der Waals surface area contributed by atoms with Gasteiger partial charge in [0.05, 0.1) is 18.1 Å². The van der Waals surface area contributed by atoms with Gasteiger partial charge in [-0.3, -0.25) is 4.79 Å². The van der Waals surface area contributed by atoms with Crippen molar-refractivity contribution >= 4 is 31.5 Å². The summed E-state index contributed by atoms with van der Waals surface area (Å²) in [6.45, 7) is 2.27. The molecule has 2 aromatic heterocycles. The number of carbonyl (C=O) groups excluding carboxylic acids is 1. The van der Waals surface area contributed by atoms with Gasteiger partial charge in [0, 0.05) is 38.7 Å². The van der Waals surface area contributed by atoms with Crippen molar-refractivity contribution in [3.63, 3.8) is 0 Å². The molecule has 17 heteroatoms. The zero-order chi connectivity index (χ0) is 27.8. The maximum atomic E-state index is 13.1. The van der Waals surface area contributed by atoms with E-state index in [9.17, 15) is 34.8 Å². The van der Waals surface area contributed by atoms with Crippen molar-refractivity contribution in [2.75, 3.05) is 37.1 Å². The van der Waals surface area contributed by atoms with Gasteiger partial charge in [0.25, 0.3) is 0 Å². The lowest BCUT2D eigenvalue weighted by Crippen LogP contribution is -2.38. The number of alkyl halides is 3. The Morgan fingerprint density at radius 1 is 1.14 bits per heavy atom. The van der Waals surface area contributed by atoms with E-state index in [1.165, 1.54) is 0 Å². The van der Waals surface area contributed by atoms with E-state index in [0.717, 1.165) is 18.1 Å². The number of piperidine rings is 1. The second kappa shape index (κ2) is 10.4. The first-order valence-electron chi connectivity index (χ1n) is 11.0. The average molecular weight is 570 g/mol. The lowest BCUT2D eigenvalue weighted by atomic mass is 9.97. The predicted molar refractivity (Wildman–Crippen MR) is 124 cm³/mol. The molecular formula is C20H26F3N5O7S2. The van der Waals surface area contributed by atoms with Gasteiger partial charge in [-0.1, -0.05) is 0 Å². The molecule has 37 heavy (non-hydrogen) atoms. The van der Waals surface area contributed by atoms with Crippen LogP contribution in [0.1, 0.15) is 35.6 Å². The van der Waals surface area contributed by atoms with Gasteiger partial charge in [0.15, 0.2) is 30.0 Å². The summed E-state index contributed by atoms with van der Waals surface area (Å²) in [4.78, 5) is 21.7. The average Bonchev–Trinajstić information content (AvgIpc) is 3.14. The second-order valence-corrected chi connectivity index (χ2v) is 13.1. The number of hydrogen-bond acceptors (Lipinski definition) is 11. The number of sulfone groups is 2. The molecule has 1 saturated heterocycles. The molecule has 0 N–H and O–H groups in total. The van der Waals surface area contributed by atoms with Crippen molar-refractivity contribution in [1.82, 2.24) is 19.7 Å². The monoisotopic (exact) mass is 569 g/mol. The summed E-state index contributed by atoms with van der Waals surface area (Å²) in [5.41, 5.74) is -1.72. The smallest absolute Gasteiger partial charge is 0.435 e. The summed E-state index contributed by atoms with van der Waals surface area (Å²) in [7, 11) is -7.56. The molecule has 12 nitrogen and oxygen atoms in total. The third kappa shape index (κ3) is 6.49. The highest BCUT2D eigenvalue weighted by molar-refractivity contribution is 8.07. The molecule has 0 spiro atoms. The fraction of sp³-hybridized carbons (Fsp3) is 0.600. The molecule has 0 amide bonds. The maximum Gasteiger partial charge on any atom is 0.435 e. The highest BCUT2D eigenvalue weighted by atomic mass is 32.3. The summed E-state index contributed by atoms with van der Waals surface area (Å²) >= 11 is 0. The standard InChI is InChI=1S/C20H26F3N5O7S2/c1-5-34-18(29)12-6-8-28(9-7-12)16-15(19(36(3,30)31)37(4,32)33)17(25-11-24-16)35-14-10-13(20(21,22)23)26-27(14)2/h10-12,19H,5-9H2,1-4H3. The lowest BCUT2D eigenvalue weighted by Gasteiger charge is -2.33. The summed E-state index contributed by atoms with van der Waals surface area (Å²) in [6.07, 6.45) is -1.76. The fourth-order valence-electron chi connectivity index (χ4n) is 4.03. The van der Waals surface area contributed by atoms with Gasteiger partial charge >= 0.3 is 12.1 Å². The van der Waals surface area contributed by atoms with Gasteiger partial charge in [-0.25, -0.2) is 31.5 Å². The Labute approximate surface area is 211 Å². The fourth-order valence-corrected chi connectivity index (χ4v) is 7.84. The number of halogens is 3. The van der Waals surface area contributed by atoms with Crippen LogP contribution in [-0.2, 0) is 42.4 Å². The molecule has 2 aromatic rings. The quantitative estimate of drug-likeness (QED) is 0.429. The zero-order valence-corrected chi connectivity index (χ0v) is 22.0. The minimum absolute atomic E-state index is 0.0913. The van der Waals surface area contributed by atoms with Crippen LogP contribution in [0.3, 0.4) is 0 Å². The summed E-state index contributed by atoms with van der Waals surface area (Å²) in [5, 5.41) is 3.33. The number of aromatic nitrogens is 4. The molecule has 1 aliphatic rings. The number of nitrogens with zero attached hydrogens (tertiary/aromatic N) is 5. The number of ether oxygens (including phenoxy) is 2. The summed E-state index contributed by atoms with van der Waals surface area (Å²) in [5.74, 6) is -1.90. The lowest BCUT2D eigenvalue weighted by molar-refractivity contribution is -0.148. The topological polar surface area (TPSA) is 151 Å². The minimum atomic E-state index is -4.79. The van der Waals surface area contributed by atoms with E-state index >= 15 is 0 Å². The van der Waals surface area contributed by atoms with Gasteiger partial charge in [0.1, 0.15) is 12.1 Å². The van der Waals surface area contributed by atoms with E-state index in [0.29, 0.717) is 31.4 Å². The molecule has 0 aliphatic carbocycles. The van der Waals surface area contributed by atoms with Crippen molar-refractivity contribution in [3.8, 4) is 11.8 Å². The van der Waals surface area contributed by atoms with E-state index in [2.05, 4.69) is 15.1 Å². The van der Waals surface area contributed by atoms with Crippen molar-refractivity contribution in [1.29, 1.82) is 0 Å². The first-order chi connectivity index (χ1) is 17.0. The van der Waals surface area contributed by atoms with Crippen LogP contribution in [0.2, 0.25) is 0 Å². The number of esters is 1.